The summed E-state index contributed by atoms with van der Waals surface area (Å²) in [6, 6.07) is 7.65. The zero-order valence-corrected chi connectivity index (χ0v) is 15.3. The van der Waals surface area contributed by atoms with Crippen LogP contribution < -0.4 is 9.64 Å². The Bertz CT molecular complexity index is 719. The molecule has 1 aromatic carbocycles. The quantitative estimate of drug-likeness (QED) is 0.575. The van der Waals surface area contributed by atoms with E-state index in [0.29, 0.717) is 13.0 Å². The third kappa shape index (κ3) is 5.09. The maximum atomic E-state index is 13.2. The highest BCUT2D eigenvalue weighted by Gasteiger charge is 2.36. The van der Waals surface area contributed by atoms with Crippen LogP contribution >= 0.6 is 0 Å². The van der Waals surface area contributed by atoms with E-state index < -0.39 is 17.6 Å². The minimum atomic E-state index is -4.56. The van der Waals surface area contributed by atoms with Crippen molar-refractivity contribution in [3.63, 3.8) is 0 Å². The summed E-state index contributed by atoms with van der Waals surface area (Å²) in [4.78, 5) is 9.78. The Labute approximate surface area is 152 Å². The second-order valence-electron chi connectivity index (χ2n) is 6.03. The summed E-state index contributed by atoms with van der Waals surface area (Å²) in [5, 5.41) is 0. The molecule has 0 N–H and O–H groups in total. The standard InChI is InChI=1S/C19H24F3N3O/c1-4-6-7-11-26-17-16(19(20,21)22)13-23-18(24-17)25(5-2)15-10-8-9-14(3)12-15/h8-10,12-13H,4-7,11H2,1-3H3. The summed E-state index contributed by atoms with van der Waals surface area (Å²) in [6.07, 6.45) is -1.22. The highest BCUT2D eigenvalue weighted by molar-refractivity contribution is 5.58. The van der Waals surface area contributed by atoms with Gasteiger partial charge in [-0.05, 0) is 38.0 Å². The maximum absolute atomic E-state index is 13.2. The van der Waals surface area contributed by atoms with E-state index in [4.69, 9.17) is 4.74 Å². The van der Waals surface area contributed by atoms with Gasteiger partial charge < -0.3 is 9.64 Å². The zero-order valence-electron chi connectivity index (χ0n) is 15.3. The normalized spacial score (nSPS) is 11.5. The fourth-order valence-electron chi connectivity index (χ4n) is 2.55. The van der Waals surface area contributed by atoms with Gasteiger partial charge in [0.2, 0.25) is 11.8 Å². The molecule has 26 heavy (non-hydrogen) atoms. The first kappa shape index (κ1) is 20.0. The number of aromatic nitrogens is 2. The number of hydrogen-bond acceptors (Lipinski definition) is 4. The number of hydrogen-bond donors (Lipinski definition) is 0. The molecule has 0 radical (unpaired) electrons. The fourth-order valence-corrected chi connectivity index (χ4v) is 2.55. The molecular weight excluding hydrogens is 343 g/mol. The molecule has 0 aliphatic carbocycles. The average Bonchev–Trinajstić information content (AvgIpc) is 2.59. The summed E-state index contributed by atoms with van der Waals surface area (Å²) in [5.74, 6) is -0.221. The zero-order chi connectivity index (χ0) is 19.2. The van der Waals surface area contributed by atoms with Gasteiger partial charge in [0, 0.05) is 18.4 Å². The van der Waals surface area contributed by atoms with Crippen molar-refractivity contribution in [1.82, 2.24) is 9.97 Å². The molecule has 1 aromatic heterocycles. The third-order valence-electron chi connectivity index (χ3n) is 3.90. The molecule has 0 aliphatic heterocycles. The van der Waals surface area contributed by atoms with Gasteiger partial charge in [-0.2, -0.15) is 18.2 Å². The lowest BCUT2D eigenvalue weighted by atomic mass is 10.2. The van der Waals surface area contributed by atoms with Crippen LogP contribution in [0.5, 0.6) is 5.88 Å². The van der Waals surface area contributed by atoms with Gasteiger partial charge in [-0.25, -0.2) is 4.98 Å². The lowest BCUT2D eigenvalue weighted by Crippen LogP contribution is -2.21. The fraction of sp³-hybridized carbons (Fsp3) is 0.474. The van der Waals surface area contributed by atoms with E-state index in [2.05, 4.69) is 9.97 Å². The van der Waals surface area contributed by atoms with Gasteiger partial charge in [0.25, 0.3) is 0 Å². The topological polar surface area (TPSA) is 38.2 Å². The Morgan fingerprint density at radius 1 is 1.15 bits per heavy atom. The minimum Gasteiger partial charge on any atom is -0.477 e. The van der Waals surface area contributed by atoms with Crippen molar-refractivity contribution in [1.29, 1.82) is 0 Å². The van der Waals surface area contributed by atoms with Crippen molar-refractivity contribution in [3.05, 3.63) is 41.6 Å². The van der Waals surface area contributed by atoms with Gasteiger partial charge in [-0.1, -0.05) is 31.9 Å². The summed E-state index contributed by atoms with van der Waals surface area (Å²) in [5.41, 5.74) is 0.922. The lowest BCUT2D eigenvalue weighted by molar-refractivity contribution is -0.139. The number of rotatable bonds is 8. The molecule has 0 atom stereocenters. The molecule has 0 saturated heterocycles. The van der Waals surface area contributed by atoms with Crippen LogP contribution in [0.3, 0.4) is 0 Å². The van der Waals surface area contributed by atoms with E-state index in [1.54, 1.807) is 4.90 Å². The van der Waals surface area contributed by atoms with Crippen molar-refractivity contribution in [2.75, 3.05) is 18.1 Å². The summed E-state index contributed by atoms with van der Waals surface area (Å²) >= 11 is 0. The van der Waals surface area contributed by atoms with Crippen molar-refractivity contribution >= 4 is 11.6 Å². The molecule has 0 fully saturated rings. The van der Waals surface area contributed by atoms with Crippen molar-refractivity contribution in [3.8, 4) is 5.88 Å². The summed E-state index contributed by atoms with van der Waals surface area (Å²) in [6.45, 7) is 6.58. The van der Waals surface area contributed by atoms with Crippen LogP contribution in [-0.2, 0) is 6.18 Å². The number of aryl methyl sites for hydroxylation is 1. The molecule has 7 heteroatoms. The molecule has 0 unspecified atom stereocenters. The van der Waals surface area contributed by atoms with Crippen LogP contribution in [0.2, 0.25) is 0 Å². The molecule has 0 amide bonds. The molecular formula is C19H24F3N3O. The molecule has 0 spiro atoms. The first-order valence-corrected chi connectivity index (χ1v) is 8.78. The molecule has 0 aliphatic rings. The van der Waals surface area contributed by atoms with E-state index in [1.807, 2.05) is 45.0 Å². The first-order valence-electron chi connectivity index (χ1n) is 8.78. The molecule has 142 valence electrons. The Hall–Kier alpha value is -2.31. The number of nitrogens with zero attached hydrogens (tertiary/aromatic N) is 3. The Morgan fingerprint density at radius 2 is 1.92 bits per heavy atom. The molecule has 1 heterocycles. The lowest BCUT2D eigenvalue weighted by Gasteiger charge is -2.22. The summed E-state index contributed by atoms with van der Waals surface area (Å²) in [7, 11) is 0. The number of halogens is 3. The number of unbranched alkanes of at least 4 members (excludes halogenated alkanes) is 2. The highest BCUT2D eigenvalue weighted by Crippen LogP contribution is 2.36. The summed E-state index contributed by atoms with van der Waals surface area (Å²) < 4.78 is 45.1. The minimum absolute atomic E-state index is 0.191. The number of ether oxygens (including phenoxy) is 1. The van der Waals surface area contributed by atoms with Gasteiger partial charge in [-0.3, -0.25) is 0 Å². The van der Waals surface area contributed by atoms with E-state index in [0.717, 1.165) is 30.3 Å². The van der Waals surface area contributed by atoms with E-state index in [9.17, 15) is 13.2 Å². The van der Waals surface area contributed by atoms with Gasteiger partial charge in [-0.15, -0.1) is 0 Å². The SMILES string of the molecule is CCCCCOc1nc(N(CC)c2cccc(C)c2)ncc1C(F)(F)F. The average molecular weight is 367 g/mol. The number of alkyl halides is 3. The number of benzene rings is 1. The Kier molecular flexibility index (Phi) is 6.83. The Morgan fingerprint density at radius 3 is 2.54 bits per heavy atom. The van der Waals surface area contributed by atoms with Crippen LogP contribution in [0, 0.1) is 6.92 Å². The largest absolute Gasteiger partial charge is 0.477 e. The Balaban J connectivity index is 2.36. The van der Waals surface area contributed by atoms with Crippen LogP contribution in [0.25, 0.3) is 0 Å². The third-order valence-corrected chi connectivity index (χ3v) is 3.90. The highest BCUT2D eigenvalue weighted by atomic mass is 19.4. The number of anilines is 2. The van der Waals surface area contributed by atoms with Gasteiger partial charge >= 0.3 is 6.18 Å². The van der Waals surface area contributed by atoms with Gasteiger partial charge in [0.05, 0.1) is 6.61 Å². The first-order chi connectivity index (χ1) is 12.4. The van der Waals surface area contributed by atoms with Crippen molar-refractivity contribution in [2.24, 2.45) is 0 Å². The monoisotopic (exact) mass is 367 g/mol. The van der Waals surface area contributed by atoms with Gasteiger partial charge in [0.15, 0.2) is 0 Å². The van der Waals surface area contributed by atoms with E-state index in [-0.39, 0.29) is 12.6 Å². The van der Waals surface area contributed by atoms with Crippen LogP contribution in [0.15, 0.2) is 30.5 Å². The smallest absolute Gasteiger partial charge is 0.423 e. The second-order valence-corrected chi connectivity index (χ2v) is 6.03. The molecule has 2 aromatic rings. The predicted molar refractivity (Wildman–Crippen MR) is 95.9 cm³/mol. The molecule has 0 bridgehead atoms. The maximum Gasteiger partial charge on any atom is 0.423 e. The molecule has 0 saturated carbocycles. The van der Waals surface area contributed by atoms with Gasteiger partial charge in [0.1, 0.15) is 5.56 Å². The van der Waals surface area contributed by atoms with Crippen LogP contribution in [0.1, 0.15) is 44.2 Å². The predicted octanol–water partition coefficient (Wildman–Crippen LogP) is 5.53. The van der Waals surface area contributed by atoms with E-state index >= 15 is 0 Å². The van der Waals surface area contributed by atoms with E-state index in [1.165, 1.54) is 0 Å². The van der Waals surface area contributed by atoms with Crippen molar-refractivity contribution < 1.29 is 17.9 Å². The molecule has 2 rings (SSSR count). The van der Waals surface area contributed by atoms with Crippen LogP contribution in [0.4, 0.5) is 24.8 Å². The molecule has 4 nitrogen and oxygen atoms in total. The second kappa shape index (κ2) is 8.87. The van der Waals surface area contributed by atoms with Crippen molar-refractivity contribution in [2.45, 2.75) is 46.2 Å². The van der Waals surface area contributed by atoms with Crippen LogP contribution in [-0.4, -0.2) is 23.1 Å².